The maximum absolute atomic E-state index is 9.75. The average molecular weight is 2520 g/mol. The van der Waals surface area contributed by atoms with E-state index in [1.54, 1.807) is 0 Å². The Kier molecular flexibility index (Phi) is 281. The zero-order valence-corrected chi connectivity index (χ0v) is 71.4. The first-order chi connectivity index (χ1) is 20.8. The van der Waals surface area contributed by atoms with Crippen molar-refractivity contribution in [3.8, 4) is 0 Å². The van der Waals surface area contributed by atoms with E-state index in [9.17, 15) is 34.5 Å². The summed E-state index contributed by atoms with van der Waals surface area (Å²) in [5.41, 5.74) is 9.39. The number of nitrogens with one attached hydrogen (secondary N) is 2. The van der Waals surface area contributed by atoms with Gasteiger partial charge in [0.15, 0.2) is 0 Å². The maximum Gasteiger partial charge on any atom is 0.673 e. The molecule has 0 fully saturated rings. The Hall–Kier alpha value is 8.36. The number of nitrogens with two attached hydrogens (primary N) is 2. The van der Waals surface area contributed by atoms with E-state index in [-0.39, 0.29) is 302 Å². The van der Waals surface area contributed by atoms with Gasteiger partial charge in [-0.2, -0.15) is 0 Å². The summed E-state index contributed by atoms with van der Waals surface area (Å²) in [6, 6.07) is 0. The van der Waals surface area contributed by atoms with Crippen LogP contribution >= 0.6 is 31.7 Å². The molecule has 0 heterocycles. The van der Waals surface area contributed by atoms with Crippen molar-refractivity contribution in [3.05, 3.63) is 0 Å². The Bertz CT molecular complexity index is 517. The molecule has 0 aliphatic rings. The zero-order valence-electron chi connectivity index (χ0n) is 37.4. The molecule has 0 amide bonds. The fourth-order valence-corrected chi connectivity index (χ4v) is 9.00. The molecule has 0 bridgehead atoms. The van der Waals surface area contributed by atoms with Crippen molar-refractivity contribution in [2.24, 2.45) is 11.5 Å². The molecule has 4 nitrogen and oxygen atoms in total. The van der Waals surface area contributed by atoms with Gasteiger partial charge in [-0.25, -0.2) is 0 Å². The summed E-state index contributed by atoms with van der Waals surface area (Å²) >= 11 is 0. The van der Waals surface area contributed by atoms with E-state index in [1.165, 1.54) is 87.8 Å². The zero-order chi connectivity index (χ0) is 38.9. The van der Waals surface area contributed by atoms with E-state index >= 15 is 0 Å². The molecule has 6 radical (unpaired) electrons. The molecule has 0 aliphatic heterocycles. The third kappa shape index (κ3) is 271. The fraction of sp³-hybridized carbons (Fsp3) is 0.929. The SMILES string of the molecule is CC(=N)N.CC(=N)N.CC[PH+](CC)CC.CC[PH+](CC)CC.CC[PH+](CC)CC.CC[PH+](CC)CC.F[B-](F)(F)F.F[B-](F)(F)F.[Re].[Re].[Re].[Re].[Re].[Re].[Se-2].[Se-2].[Se-2].[Se-2].[Se-2].[Se-2].[Se-2].[Se-2]. The summed E-state index contributed by atoms with van der Waals surface area (Å²) in [7, 11) is -11.5. The monoisotopic (exact) mass is 2530 g/mol. The van der Waals surface area contributed by atoms with Gasteiger partial charge in [-0.1, -0.05) is 0 Å². The quantitative estimate of drug-likeness (QED) is 0.0519. The molecule has 0 unspecified atom stereocenters. The van der Waals surface area contributed by atoms with Crippen LogP contribution in [0, 0.1) is 10.8 Å². The summed E-state index contributed by atoms with van der Waals surface area (Å²) in [5.74, 6) is 0.333. The van der Waals surface area contributed by atoms with Crippen molar-refractivity contribution < 1.29 is 157 Å². The first-order valence-corrected chi connectivity index (χ1v) is 25.0. The van der Waals surface area contributed by atoms with Gasteiger partial charge >= 0.3 is 14.5 Å². The number of rotatable bonds is 12. The molecule has 0 aliphatic carbocycles. The largest absolute Gasteiger partial charge is 2.00 e. The van der Waals surface area contributed by atoms with Crippen LogP contribution in [0.4, 0.5) is 34.5 Å². The standard InChI is InChI=1S/4C6H15P.2C2H6N2.2BF4.6Re.8Se/c4*1-4-7(5-2)6-3;2*1-2(3)4;2*2-1(3,4)5;;;;;;;;;;;;;;/h4*4-6H2,1-3H3;2*1H3,(H3,3,4);;;;;;;;;;;;;;;;/q;;;;;;2*-1;;;;;;;8*-2/p+4. The molecule has 0 spiro atoms. The van der Waals surface area contributed by atoms with E-state index in [1.807, 2.05) is 0 Å². The minimum absolute atomic E-state index is 0. The van der Waals surface area contributed by atoms with E-state index in [0.29, 0.717) is 0 Å². The Morgan fingerprint density at radius 1 is 0.317 bits per heavy atom. The van der Waals surface area contributed by atoms with Gasteiger partial charge in [-0.15, -0.1) is 0 Å². The van der Waals surface area contributed by atoms with Crippen LogP contribution in [0.25, 0.3) is 0 Å². The van der Waals surface area contributed by atoms with Gasteiger partial charge in [-0.05, 0) is 129 Å². The molecule has 0 rings (SSSR count). The van der Waals surface area contributed by atoms with Crippen molar-refractivity contribution in [3.63, 3.8) is 0 Å². The Balaban J connectivity index is -0.0000000134. The molecule has 394 valence electrons. The summed E-state index contributed by atoms with van der Waals surface area (Å²) in [5, 5.41) is 12.6. The van der Waals surface area contributed by atoms with Crippen LogP contribution in [-0.4, -0.2) is 237 Å². The number of hydrogen-bond acceptors (Lipinski definition) is 2. The molecule has 0 atom stereocenters. The van der Waals surface area contributed by atoms with E-state index < -0.39 is 14.5 Å². The van der Waals surface area contributed by atoms with Crippen LogP contribution in [0.2, 0.25) is 0 Å². The second-order valence-corrected chi connectivity index (χ2v) is 24.1. The molecule has 60 heavy (non-hydrogen) atoms. The van der Waals surface area contributed by atoms with Gasteiger partial charge < -0.3 is 183 Å². The van der Waals surface area contributed by atoms with Gasteiger partial charge in [0.05, 0.1) is 85.6 Å². The van der Waals surface area contributed by atoms with Crippen LogP contribution in [0.3, 0.4) is 0 Å². The summed E-state index contributed by atoms with van der Waals surface area (Å²) in [6.45, 7) is 30.7. The predicted octanol–water partition coefficient (Wildman–Crippen LogP) is 8.46. The molecule has 32 heteroatoms. The van der Waals surface area contributed by atoms with Crippen molar-refractivity contribution in [2.75, 3.05) is 73.9 Å². The molecule has 0 aromatic carbocycles. The normalized spacial score (nSPS) is 7.63. The van der Waals surface area contributed by atoms with Crippen LogP contribution < -0.4 is 11.5 Å². The third-order valence-electron chi connectivity index (χ3n) is 6.00. The smallest absolute Gasteiger partial charge is 0.673 e. The molecular weight excluding hydrogens is 2440 g/mol. The molecule has 0 aromatic rings. The summed E-state index contributed by atoms with van der Waals surface area (Å²) in [4.78, 5) is 0. The van der Waals surface area contributed by atoms with E-state index in [2.05, 4.69) is 83.1 Å². The molecular formula is C28H76B2F8N4P4Re6Se8-14. The summed E-state index contributed by atoms with van der Waals surface area (Å²) in [6.07, 6.45) is 17.5. The topological polar surface area (TPSA) is 99.7 Å². The minimum atomic E-state index is -6.00. The van der Waals surface area contributed by atoms with E-state index in [4.69, 9.17) is 22.3 Å². The van der Waals surface area contributed by atoms with Crippen LogP contribution in [0.1, 0.15) is 96.9 Å². The number of amidine groups is 2. The van der Waals surface area contributed by atoms with Gasteiger partial charge in [-0.3, -0.25) is 10.8 Å². The molecule has 0 aromatic heterocycles. The fourth-order valence-electron chi connectivity index (χ4n) is 3.00. The maximum atomic E-state index is 9.75. The molecule has 0 saturated heterocycles. The minimum Gasteiger partial charge on any atom is -2.00 e. The number of hydrogen-bond donors (Lipinski definition) is 4. The van der Waals surface area contributed by atoms with Gasteiger partial charge in [0.1, 0.15) is 0 Å². The predicted molar refractivity (Wildman–Crippen MR) is 261 cm³/mol. The first kappa shape index (κ1) is 144. The molecule has 0 saturated carbocycles. The van der Waals surface area contributed by atoms with Gasteiger partial charge in [0.25, 0.3) is 0 Å². The van der Waals surface area contributed by atoms with Crippen molar-refractivity contribution in [2.45, 2.75) is 96.9 Å². The second-order valence-electron chi connectivity index (χ2n) is 9.60. The molecule has 6 N–H and O–H groups in total. The van der Waals surface area contributed by atoms with Gasteiger partial charge in [0.2, 0.25) is 0 Å². The Labute approximate surface area is 536 Å². The van der Waals surface area contributed by atoms with Gasteiger partial charge in [0, 0.05) is 123 Å². The second kappa shape index (κ2) is 117. The van der Waals surface area contributed by atoms with E-state index in [0.717, 1.165) is 0 Å². The average Bonchev–Trinajstić information content (AvgIpc) is 2.91. The van der Waals surface area contributed by atoms with Crippen molar-refractivity contribution >= 4 is 194 Å². The van der Waals surface area contributed by atoms with Crippen molar-refractivity contribution in [1.29, 1.82) is 10.8 Å². The van der Waals surface area contributed by atoms with Crippen molar-refractivity contribution in [1.82, 2.24) is 0 Å². The van der Waals surface area contributed by atoms with Crippen LogP contribution in [-0.2, 0) is 123 Å². The number of halogens is 8. The summed E-state index contributed by atoms with van der Waals surface area (Å²) < 4.78 is 78.0. The Morgan fingerprint density at radius 3 is 0.350 bits per heavy atom. The first-order valence-electron chi connectivity index (χ1n) is 16.6. The Morgan fingerprint density at radius 2 is 0.350 bits per heavy atom. The third-order valence-corrected chi connectivity index (χ3v) is 18.0. The van der Waals surface area contributed by atoms with Crippen LogP contribution in [0.5, 0.6) is 0 Å². The van der Waals surface area contributed by atoms with Crippen LogP contribution in [0.15, 0.2) is 0 Å².